The van der Waals surface area contributed by atoms with E-state index in [9.17, 15) is 4.79 Å². The van der Waals surface area contributed by atoms with E-state index in [1.807, 2.05) is 7.05 Å². The molecular formula is C10H11N3O2. The van der Waals surface area contributed by atoms with Crippen LogP contribution >= 0.6 is 0 Å². The number of methoxy groups -OCH3 is 1. The van der Waals surface area contributed by atoms with Crippen LogP contribution in [0.3, 0.4) is 0 Å². The van der Waals surface area contributed by atoms with Gasteiger partial charge in [0, 0.05) is 20.4 Å². The largest absolute Gasteiger partial charge is 0.377 e. The molecule has 0 unspecified atom stereocenters. The van der Waals surface area contributed by atoms with Gasteiger partial charge in [-0.05, 0) is 0 Å². The number of imidazole rings is 1. The number of fused-ring (bicyclic) bond motifs is 1. The van der Waals surface area contributed by atoms with Crippen LogP contribution in [0.25, 0.3) is 11.0 Å². The number of Topliss-reactive ketones (excluding diaryl/α,β-unsaturated/α-hetero) is 1. The van der Waals surface area contributed by atoms with Crippen molar-refractivity contribution >= 4 is 16.8 Å². The number of nitrogens with zero attached hydrogens (tertiary/aromatic N) is 3. The first-order valence-corrected chi connectivity index (χ1v) is 4.51. The smallest absolute Gasteiger partial charge is 0.192 e. The summed E-state index contributed by atoms with van der Waals surface area (Å²) in [7, 11) is 3.34. The highest BCUT2D eigenvalue weighted by molar-refractivity contribution is 6.06. The second-order valence-corrected chi connectivity index (χ2v) is 3.27. The fourth-order valence-electron chi connectivity index (χ4n) is 1.53. The highest BCUT2D eigenvalue weighted by Crippen LogP contribution is 2.15. The monoisotopic (exact) mass is 205 g/mol. The van der Waals surface area contributed by atoms with Crippen LogP contribution in [0.2, 0.25) is 0 Å². The summed E-state index contributed by atoms with van der Waals surface area (Å²) in [4.78, 5) is 19.8. The fraction of sp³-hybridized carbons (Fsp3) is 0.300. The zero-order chi connectivity index (χ0) is 10.8. The summed E-state index contributed by atoms with van der Waals surface area (Å²) < 4.78 is 6.62. The summed E-state index contributed by atoms with van der Waals surface area (Å²) in [6.07, 6.45) is 4.85. The van der Waals surface area contributed by atoms with Gasteiger partial charge < -0.3 is 9.30 Å². The summed E-state index contributed by atoms with van der Waals surface area (Å²) in [5.74, 6) is -0.0841. The third-order valence-electron chi connectivity index (χ3n) is 2.20. The van der Waals surface area contributed by atoms with Crippen molar-refractivity contribution in [2.75, 3.05) is 13.7 Å². The predicted octanol–water partition coefficient (Wildman–Crippen LogP) is 0.797. The normalized spacial score (nSPS) is 10.8. The molecule has 0 aliphatic rings. The van der Waals surface area contributed by atoms with Crippen molar-refractivity contribution < 1.29 is 9.53 Å². The minimum atomic E-state index is -0.0841. The number of aromatic nitrogens is 3. The first-order chi connectivity index (χ1) is 7.24. The highest BCUT2D eigenvalue weighted by Gasteiger charge is 2.13. The Kier molecular flexibility index (Phi) is 2.47. The van der Waals surface area contributed by atoms with Gasteiger partial charge >= 0.3 is 0 Å². The van der Waals surface area contributed by atoms with E-state index >= 15 is 0 Å². The summed E-state index contributed by atoms with van der Waals surface area (Å²) in [5.41, 5.74) is 2.07. The molecule has 0 saturated heterocycles. The van der Waals surface area contributed by atoms with E-state index in [0.717, 1.165) is 11.0 Å². The lowest BCUT2D eigenvalue weighted by molar-refractivity contribution is 0.0849. The molecule has 0 radical (unpaired) electrons. The van der Waals surface area contributed by atoms with Crippen molar-refractivity contribution in [2.24, 2.45) is 7.05 Å². The zero-order valence-electron chi connectivity index (χ0n) is 8.60. The minimum absolute atomic E-state index is 0.0615. The molecule has 0 saturated carbocycles. The fourth-order valence-corrected chi connectivity index (χ4v) is 1.53. The summed E-state index contributed by atoms with van der Waals surface area (Å²) in [6.45, 7) is 0.0615. The number of carbonyl (C=O) groups is 1. The summed E-state index contributed by atoms with van der Waals surface area (Å²) >= 11 is 0. The highest BCUT2D eigenvalue weighted by atomic mass is 16.5. The van der Waals surface area contributed by atoms with Gasteiger partial charge in [0.1, 0.15) is 12.1 Å². The van der Waals surface area contributed by atoms with Gasteiger partial charge in [0.15, 0.2) is 5.78 Å². The van der Waals surface area contributed by atoms with E-state index in [1.165, 1.54) is 7.11 Å². The molecule has 5 heteroatoms. The SMILES string of the molecule is COCC(=O)c1cncc2ncn(C)c12. The molecule has 0 amide bonds. The van der Waals surface area contributed by atoms with Gasteiger partial charge in [-0.2, -0.15) is 0 Å². The van der Waals surface area contributed by atoms with Crippen molar-refractivity contribution in [2.45, 2.75) is 0 Å². The van der Waals surface area contributed by atoms with Crippen molar-refractivity contribution in [1.29, 1.82) is 0 Å². The first kappa shape index (κ1) is 9.79. The van der Waals surface area contributed by atoms with E-state index in [2.05, 4.69) is 9.97 Å². The molecule has 0 aliphatic carbocycles. The van der Waals surface area contributed by atoms with E-state index in [4.69, 9.17) is 4.74 Å². The molecule has 2 aromatic heterocycles. The van der Waals surface area contributed by atoms with Crippen molar-refractivity contribution in [1.82, 2.24) is 14.5 Å². The van der Waals surface area contributed by atoms with Crippen LogP contribution in [0, 0.1) is 0 Å². The molecule has 0 spiro atoms. The number of carbonyl (C=O) groups excluding carboxylic acids is 1. The predicted molar refractivity (Wildman–Crippen MR) is 54.7 cm³/mol. The second kappa shape index (κ2) is 3.78. The maximum atomic E-state index is 11.7. The molecule has 0 aliphatic heterocycles. The molecule has 5 nitrogen and oxygen atoms in total. The molecule has 0 fully saturated rings. The van der Waals surface area contributed by atoms with Gasteiger partial charge in [-0.3, -0.25) is 9.78 Å². The molecule has 2 rings (SSSR count). The van der Waals surface area contributed by atoms with Crippen molar-refractivity contribution in [3.63, 3.8) is 0 Å². The van der Waals surface area contributed by atoms with Crippen LogP contribution in [-0.4, -0.2) is 34.0 Å². The Morgan fingerprint density at radius 2 is 2.33 bits per heavy atom. The number of hydrogen-bond donors (Lipinski definition) is 0. The Morgan fingerprint density at radius 1 is 1.53 bits per heavy atom. The Balaban J connectivity index is 2.59. The molecule has 2 heterocycles. The number of aryl methyl sites for hydroxylation is 1. The van der Waals surface area contributed by atoms with Gasteiger partial charge in [-0.25, -0.2) is 4.98 Å². The van der Waals surface area contributed by atoms with E-state index in [0.29, 0.717) is 5.56 Å². The Labute approximate surface area is 86.7 Å². The second-order valence-electron chi connectivity index (χ2n) is 3.27. The first-order valence-electron chi connectivity index (χ1n) is 4.51. The van der Waals surface area contributed by atoms with Gasteiger partial charge in [0.05, 0.1) is 23.6 Å². The lowest BCUT2D eigenvalue weighted by atomic mass is 10.1. The summed E-state index contributed by atoms with van der Waals surface area (Å²) in [5, 5.41) is 0. The number of ether oxygens (including phenoxy) is 1. The van der Waals surface area contributed by atoms with Gasteiger partial charge in [0.2, 0.25) is 0 Å². The van der Waals surface area contributed by atoms with Crippen LogP contribution in [0.15, 0.2) is 18.7 Å². The third-order valence-corrected chi connectivity index (χ3v) is 2.20. The van der Waals surface area contributed by atoms with E-state index < -0.39 is 0 Å². The molecule has 0 atom stereocenters. The number of ketones is 1. The van der Waals surface area contributed by atoms with E-state index in [1.54, 1.807) is 23.3 Å². The number of hydrogen-bond acceptors (Lipinski definition) is 4. The molecule has 2 aromatic rings. The molecule has 78 valence electrons. The summed E-state index contributed by atoms with van der Waals surface area (Å²) in [6, 6.07) is 0. The molecule has 0 aromatic carbocycles. The van der Waals surface area contributed by atoms with Crippen LogP contribution in [0.1, 0.15) is 10.4 Å². The van der Waals surface area contributed by atoms with Gasteiger partial charge in [-0.1, -0.05) is 0 Å². The van der Waals surface area contributed by atoms with E-state index in [-0.39, 0.29) is 12.4 Å². The Bertz CT molecular complexity index is 504. The molecule has 0 N–H and O–H groups in total. The number of pyridine rings is 1. The number of rotatable bonds is 3. The van der Waals surface area contributed by atoms with Crippen molar-refractivity contribution in [3.05, 3.63) is 24.3 Å². The van der Waals surface area contributed by atoms with Gasteiger partial charge in [-0.15, -0.1) is 0 Å². The molecule has 0 bridgehead atoms. The topological polar surface area (TPSA) is 57.0 Å². The molecular weight excluding hydrogens is 194 g/mol. The minimum Gasteiger partial charge on any atom is -0.377 e. The zero-order valence-corrected chi connectivity index (χ0v) is 8.60. The lowest BCUT2D eigenvalue weighted by Gasteiger charge is -2.02. The maximum Gasteiger partial charge on any atom is 0.192 e. The lowest BCUT2D eigenvalue weighted by Crippen LogP contribution is -2.09. The average Bonchev–Trinajstić information content (AvgIpc) is 2.61. The Hall–Kier alpha value is -1.75. The van der Waals surface area contributed by atoms with Crippen LogP contribution in [-0.2, 0) is 11.8 Å². The standard InChI is InChI=1S/C10H11N3O2/c1-13-6-12-8-4-11-3-7(10(8)13)9(14)5-15-2/h3-4,6H,5H2,1-2H3. The third kappa shape index (κ3) is 1.61. The average molecular weight is 205 g/mol. The van der Waals surface area contributed by atoms with Crippen LogP contribution in [0.4, 0.5) is 0 Å². The Morgan fingerprint density at radius 3 is 3.07 bits per heavy atom. The van der Waals surface area contributed by atoms with Crippen molar-refractivity contribution in [3.8, 4) is 0 Å². The van der Waals surface area contributed by atoms with Crippen LogP contribution in [0.5, 0.6) is 0 Å². The van der Waals surface area contributed by atoms with Gasteiger partial charge in [0.25, 0.3) is 0 Å². The van der Waals surface area contributed by atoms with Crippen LogP contribution < -0.4 is 0 Å². The molecule has 15 heavy (non-hydrogen) atoms. The quantitative estimate of drug-likeness (QED) is 0.695. The maximum absolute atomic E-state index is 11.7.